The predicted octanol–water partition coefficient (Wildman–Crippen LogP) is -0.0217. The second-order valence-electron chi connectivity index (χ2n) is 3.13. The van der Waals surface area contributed by atoms with Gasteiger partial charge in [-0.3, -0.25) is 9.59 Å². The van der Waals surface area contributed by atoms with Gasteiger partial charge in [0.15, 0.2) is 5.92 Å². The number of carbonyl (C=O) groups excluding carboxylic acids is 2. The zero-order chi connectivity index (χ0) is 11.7. The average molecular weight is 223 g/mol. The second kappa shape index (κ2) is 3.76. The summed E-state index contributed by atoms with van der Waals surface area (Å²) >= 11 is 0. The van der Waals surface area contributed by atoms with Crippen LogP contribution in [0.15, 0.2) is 17.6 Å². The molecule has 1 aliphatic rings. The van der Waals surface area contributed by atoms with Crippen LogP contribution < -0.4 is 0 Å². The molecule has 0 aromatic carbocycles. The highest BCUT2D eigenvalue weighted by molar-refractivity contribution is 6.22. The summed E-state index contributed by atoms with van der Waals surface area (Å²) in [7, 11) is 0. The topological polar surface area (TPSA) is 93.8 Å². The summed E-state index contributed by atoms with van der Waals surface area (Å²) in [5.41, 5.74) is 0.149. The van der Waals surface area contributed by atoms with Crippen molar-refractivity contribution < 1.29 is 19.4 Å². The van der Waals surface area contributed by atoms with E-state index in [1.165, 1.54) is 12.5 Å². The van der Waals surface area contributed by atoms with Crippen LogP contribution in [0.2, 0.25) is 0 Å². The van der Waals surface area contributed by atoms with E-state index in [2.05, 4.69) is 14.8 Å². The van der Waals surface area contributed by atoms with Gasteiger partial charge >= 0.3 is 5.97 Å². The van der Waals surface area contributed by atoms with Gasteiger partial charge in [-0.15, -0.1) is 5.10 Å². The average Bonchev–Trinajstić information content (AvgIpc) is 2.66. The van der Waals surface area contributed by atoms with Crippen molar-refractivity contribution in [3.63, 3.8) is 0 Å². The molecule has 1 N–H and O–H groups in total. The fourth-order valence-electron chi connectivity index (χ4n) is 1.42. The Balaban J connectivity index is 2.37. The van der Waals surface area contributed by atoms with E-state index in [0.29, 0.717) is 0 Å². The lowest BCUT2D eigenvalue weighted by Crippen LogP contribution is -2.37. The van der Waals surface area contributed by atoms with Crippen LogP contribution in [0.3, 0.4) is 0 Å². The van der Waals surface area contributed by atoms with E-state index in [9.17, 15) is 14.7 Å². The minimum atomic E-state index is -1.37. The minimum Gasteiger partial charge on any atom is -0.494 e. The van der Waals surface area contributed by atoms with Crippen LogP contribution in [0.1, 0.15) is 17.4 Å². The highest BCUT2D eigenvalue weighted by Gasteiger charge is 2.39. The highest BCUT2D eigenvalue weighted by Crippen LogP contribution is 2.17. The van der Waals surface area contributed by atoms with E-state index in [4.69, 9.17) is 0 Å². The molecule has 0 radical (unpaired) electrons. The lowest BCUT2D eigenvalue weighted by atomic mass is 10.0. The lowest BCUT2D eigenvalue weighted by molar-refractivity contribution is -0.144. The molecule has 16 heavy (non-hydrogen) atoms. The van der Waals surface area contributed by atoms with Gasteiger partial charge in [0.25, 0.3) is 0 Å². The van der Waals surface area contributed by atoms with Crippen LogP contribution in [0, 0.1) is 5.92 Å². The van der Waals surface area contributed by atoms with Crippen molar-refractivity contribution in [2.75, 3.05) is 6.61 Å². The molecule has 7 heteroatoms. The molecule has 1 aromatic rings. The maximum absolute atomic E-state index is 11.8. The highest BCUT2D eigenvalue weighted by atomic mass is 16.5. The third kappa shape index (κ3) is 1.46. The van der Waals surface area contributed by atoms with Crippen molar-refractivity contribution in [1.29, 1.82) is 0 Å². The molecule has 0 bridgehead atoms. The Hall–Kier alpha value is -2.18. The molecule has 0 amide bonds. The first kappa shape index (κ1) is 10.3. The van der Waals surface area contributed by atoms with Gasteiger partial charge in [0.1, 0.15) is 12.0 Å². The number of aromatic nitrogens is 2. The summed E-state index contributed by atoms with van der Waals surface area (Å²) in [6, 6.07) is 0. The van der Waals surface area contributed by atoms with Crippen molar-refractivity contribution in [1.82, 2.24) is 9.66 Å². The zero-order valence-corrected chi connectivity index (χ0v) is 8.45. The maximum Gasteiger partial charge on any atom is 0.326 e. The van der Waals surface area contributed by atoms with E-state index >= 15 is 0 Å². The number of esters is 1. The number of rotatable bonds is 2. The van der Waals surface area contributed by atoms with Gasteiger partial charge in [-0.1, -0.05) is 0 Å². The van der Waals surface area contributed by atoms with Gasteiger partial charge in [-0.05, 0) is 6.92 Å². The molecule has 1 aliphatic heterocycles. The van der Waals surface area contributed by atoms with Crippen molar-refractivity contribution in [3.05, 3.63) is 18.2 Å². The summed E-state index contributed by atoms with van der Waals surface area (Å²) in [6.07, 6.45) is 2.55. The summed E-state index contributed by atoms with van der Waals surface area (Å²) in [4.78, 5) is 26.9. The third-order valence-corrected chi connectivity index (χ3v) is 2.13. The number of fused-ring (bicyclic) bond motifs is 1. The maximum atomic E-state index is 11.8. The fraction of sp³-hybridized carbons (Fsp3) is 0.333. The van der Waals surface area contributed by atoms with Gasteiger partial charge in [0.05, 0.1) is 12.8 Å². The van der Waals surface area contributed by atoms with Crippen molar-refractivity contribution in [2.45, 2.75) is 6.92 Å². The third-order valence-electron chi connectivity index (χ3n) is 2.13. The molecule has 0 saturated heterocycles. The SMILES string of the molecule is CCOC(=O)C1C(=O)c2cncn2N=C1O. The fourth-order valence-corrected chi connectivity index (χ4v) is 1.42. The molecule has 2 rings (SSSR count). The standard InChI is InChI=1S/C9H9N3O4/c1-2-16-9(15)6-7(13)5-3-10-4-12(5)11-8(6)14/h3-4,6H,2H2,1H3,(H,11,14). The summed E-state index contributed by atoms with van der Waals surface area (Å²) in [5, 5.41) is 13.1. The number of Topliss-reactive ketones (excluding diaryl/α,β-unsaturated/α-hetero) is 1. The van der Waals surface area contributed by atoms with E-state index in [1.807, 2.05) is 0 Å². The molecule has 0 fully saturated rings. The molecule has 1 atom stereocenters. The Morgan fingerprint density at radius 3 is 3.12 bits per heavy atom. The molecule has 0 spiro atoms. The number of ketones is 1. The van der Waals surface area contributed by atoms with Crippen LogP contribution in [0.25, 0.3) is 0 Å². The molecule has 1 aromatic heterocycles. The van der Waals surface area contributed by atoms with Crippen LogP contribution >= 0.6 is 0 Å². The van der Waals surface area contributed by atoms with Gasteiger partial charge in [0, 0.05) is 0 Å². The Labute approximate surface area is 90.4 Å². The van der Waals surface area contributed by atoms with Gasteiger partial charge < -0.3 is 9.84 Å². The van der Waals surface area contributed by atoms with Crippen LogP contribution in [0.4, 0.5) is 0 Å². The van der Waals surface area contributed by atoms with Crippen LogP contribution in [-0.4, -0.2) is 39.0 Å². The van der Waals surface area contributed by atoms with Crippen LogP contribution in [0.5, 0.6) is 0 Å². The monoisotopic (exact) mass is 223 g/mol. The van der Waals surface area contributed by atoms with Gasteiger partial charge in [0.2, 0.25) is 11.7 Å². The van der Waals surface area contributed by atoms with E-state index < -0.39 is 23.6 Å². The molecule has 84 valence electrons. The number of ether oxygens (including phenoxy) is 1. The smallest absolute Gasteiger partial charge is 0.326 e. The van der Waals surface area contributed by atoms with Gasteiger partial charge in [-0.25, -0.2) is 9.66 Å². The van der Waals surface area contributed by atoms with Crippen LogP contribution in [-0.2, 0) is 9.53 Å². The number of aliphatic hydroxyl groups is 1. The van der Waals surface area contributed by atoms with Gasteiger partial charge in [-0.2, -0.15) is 0 Å². The summed E-state index contributed by atoms with van der Waals surface area (Å²) in [5.74, 6) is -3.32. The van der Waals surface area contributed by atoms with Crippen molar-refractivity contribution in [2.24, 2.45) is 11.0 Å². The van der Waals surface area contributed by atoms with Crippen molar-refractivity contribution >= 4 is 17.7 Å². The molecule has 0 aliphatic carbocycles. The zero-order valence-electron chi connectivity index (χ0n) is 8.45. The molecule has 7 nitrogen and oxygen atoms in total. The Bertz CT molecular complexity index is 477. The second-order valence-corrected chi connectivity index (χ2v) is 3.13. The summed E-state index contributed by atoms with van der Waals surface area (Å²) in [6.45, 7) is 1.75. The first-order chi connectivity index (χ1) is 7.65. The lowest BCUT2D eigenvalue weighted by Gasteiger charge is -2.16. The number of imidazole rings is 1. The minimum absolute atomic E-state index is 0.134. The first-order valence-electron chi connectivity index (χ1n) is 4.66. The molecule has 1 unspecified atom stereocenters. The number of carbonyl (C=O) groups is 2. The number of aliphatic hydroxyl groups excluding tert-OH is 1. The first-order valence-corrected chi connectivity index (χ1v) is 4.66. The predicted molar refractivity (Wildman–Crippen MR) is 52.1 cm³/mol. The largest absolute Gasteiger partial charge is 0.494 e. The quantitative estimate of drug-likeness (QED) is 0.561. The van der Waals surface area contributed by atoms with Crippen molar-refractivity contribution in [3.8, 4) is 0 Å². The Morgan fingerprint density at radius 1 is 1.69 bits per heavy atom. The summed E-state index contributed by atoms with van der Waals surface area (Å²) < 4.78 is 5.80. The number of nitrogens with zero attached hydrogens (tertiary/aromatic N) is 3. The Kier molecular flexibility index (Phi) is 2.43. The molecule has 0 saturated carbocycles. The normalized spacial score (nSPS) is 18.9. The number of hydrogen-bond donors (Lipinski definition) is 1. The number of hydrogen-bond acceptors (Lipinski definition) is 5. The molecular formula is C9H9N3O4. The molecular weight excluding hydrogens is 214 g/mol. The van der Waals surface area contributed by atoms with E-state index in [0.717, 1.165) is 4.68 Å². The van der Waals surface area contributed by atoms with E-state index in [-0.39, 0.29) is 12.3 Å². The Morgan fingerprint density at radius 2 is 2.44 bits per heavy atom. The molecule has 2 heterocycles. The van der Waals surface area contributed by atoms with E-state index in [1.54, 1.807) is 6.92 Å².